The van der Waals surface area contributed by atoms with Gasteiger partial charge < -0.3 is 14.5 Å². The van der Waals surface area contributed by atoms with Crippen molar-refractivity contribution in [1.82, 2.24) is 5.32 Å². The molecule has 1 aromatic heterocycles. The molecule has 2 heterocycles. The third-order valence-corrected chi connectivity index (χ3v) is 3.24. The molecule has 3 heteroatoms. The van der Waals surface area contributed by atoms with Crippen molar-refractivity contribution in [2.75, 3.05) is 13.2 Å². The molecule has 0 radical (unpaired) electrons. The maximum Gasteiger partial charge on any atom is 0.0947 e. The van der Waals surface area contributed by atoms with Crippen molar-refractivity contribution in [2.24, 2.45) is 11.8 Å². The average Bonchev–Trinajstić information content (AvgIpc) is 2.87. The van der Waals surface area contributed by atoms with Crippen LogP contribution in [0.1, 0.15) is 25.8 Å². The van der Waals surface area contributed by atoms with Crippen molar-refractivity contribution in [3.8, 4) is 0 Å². The minimum absolute atomic E-state index is 0.428. The second-order valence-electron chi connectivity index (χ2n) is 4.89. The molecule has 16 heavy (non-hydrogen) atoms. The van der Waals surface area contributed by atoms with Gasteiger partial charge in [-0.25, -0.2) is 0 Å². The van der Waals surface area contributed by atoms with Gasteiger partial charge in [0.15, 0.2) is 0 Å². The summed E-state index contributed by atoms with van der Waals surface area (Å²) < 4.78 is 10.8. The first-order valence-corrected chi connectivity index (χ1v) is 6.10. The first-order chi connectivity index (χ1) is 7.77. The molecular formula is C13H21NO2. The monoisotopic (exact) mass is 223 g/mol. The Kier molecular flexibility index (Phi) is 4.02. The Labute approximate surface area is 97.2 Å². The van der Waals surface area contributed by atoms with Gasteiger partial charge >= 0.3 is 0 Å². The molecular weight excluding hydrogens is 202 g/mol. The van der Waals surface area contributed by atoms with Crippen LogP contribution in [-0.2, 0) is 11.3 Å². The first kappa shape index (κ1) is 11.7. The Balaban J connectivity index is 1.73. The van der Waals surface area contributed by atoms with E-state index in [2.05, 4.69) is 19.2 Å². The highest BCUT2D eigenvalue weighted by Crippen LogP contribution is 2.26. The van der Waals surface area contributed by atoms with Crippen molar-refractivity contribution in [1.29, 1.82) is 0 Å². The summed E-state index contributed by atoms with van der Waals surface area (Å²) in [5, 5.41) is 3.47. The molecule has 2 atom stereocenters. The minimum atomic E-state index is 0.428. The molecule has 0 saturated carbocycles. The lowest BCUT2D eigenvalue weighted by Crippen LogP contribution is -2.31. The molecule has 0 aliphatic carbocycles. The number of hydrogen-bond donors (Lipinski definition) is 1. The minimum Gasteiger partial charge on any atom is -0.472 e. The van der Waals surface area contributed by atoms with Gasteiger partial charge in [-0.15, -0.1) is 0 Å². The second-order valence-corrected chi connectivity index (χ2v) is 4.89. The third kappa shape index (κ3) is 2.86. The summed E-state index contributed by atoms with van der Waals surface area (Å²) in [7, 11) is 0. The van der Waals surface area contributed by atoms with E-state index < -0.39 is 0 Å². The van der Waals surface area contributed by atoms with Crippen LogP contribution in [0.2, 0.25) is 0 Å². The van der Waals surface area contributed by atoms with Gasteiger partial charge in [0.1, 0.15) is 0 Å². The van der Waals surface area contributed by atoms with Gasteiger partial charge in [0.25, 0.3) is 0 Å². The summed E-state index contributed by atoms with van der Waals surface area (Å²) in [5.41, 5.74) is 1.21. The van der Waals surface area contributed by atoms with Gasteiger partial charge in [0.2, 0.25) is 0 Å². The largest absolute Gasteiger partial charge is 0.472 e. The molecule has 0 spiro atoms. The molecule has 2 unspecified atom stereocenters. The SMILES string of the molecule is CC(C)C1OCCC1CNCc1ccoc1. The van der Waals surface area contributed by atoms with Crippen LogP contribution in [0.5, 0.6) is 0 Å². The molecule has 1 aliphatic heterocycles. The molecule has 1 aromatic rings. The van der Waals surface area contributed by atoms with E-state index in [9.17, 15) is 0 Å². The van der Waals surface area contributed by atoms with E-state index in [-0.39, 0.29) is 0 Å². The van der Waals surface area contributed by atoms with Crippen molar-refractivity contribution >= 4 is 0 Å². The molecule has 0 bridgehead atoms. The van der Waals surface area contributed by atoms with Crippen LogP contribution in [0.15, 0.2) is 23.0 Å². The van der Waals surface area contributed by atoms with Crippen LogP contribution < -0.4 is 5.32 Å². The fourth-order valence-corrected chi connectivity index (χ4v) is 2.41. The van der Waals surface area contributed by atoms with E-state index in [1.165, 1.54) is 12.0 Å². The maximum atomic E-state index is 5.76. The molecule has 1 aliphatic rings. The standard InChI is InChI=1S/C13H21NO2/c1-10(2)13-12(4-6-16-13)8-14-7-11-3-5-15-9-11/h3,5,9-10,12-14H,4,6-8H2,1-2H3. The van der Waals surface area contributed by atoms with Crippen LogP contribution in [0.25, 0.3) is 0 Å². The molecule has 1 fully saturated rings. The van der Waals surface area contributed by atoms with Crippen LogP contribution in [0.3, 0.4) is 0 Å². The normalized spacial score (nSPS) is 25.4. The maximum absolute atomic E-state index is 5.76. The Hall–Kier alpha value is -0.800. The third-order valence-electron chi connectivity index (χ3n) is 3.24. The van der Waals surface area contributed by atoms with Crippen molar-refractivity contribution in [3.05, 3.63) is 24.2 Å². The number of ether oxygens (including phenoxy) is 1. The van der Waals surface area contributed by atoms with E-state index >= 15 is 0 Å². The van der Waals surface area contributed by atoms with Gasteiger partial charge in [-0.05, 0) is 24.3 Å². The Morgan fingerprint density at radius 2 is 2.38 bits per heavy atom. The van der Waals surface area contributed by atoms with E-state index in [0.717, 1.165) is 19.7 Å². The van der Waals surface area contributed by atoms with Crippen molar-refractivity contribution in [3.63, 3.8) is 0 Å². The molecule has 0 aromatic carbocycles. The van der Waals surface area contributed by atoms with Crippen LogP contribution in [-0.4, -0.2) is 19.3 Å². The summed E-state index contributed by atoms with van der Waals surface area (Å²) in [5.74, 6) is 1.27. The predicted octanol–water partition coefficient (Wildman–Crippen LogP) is 2.43. The Bertz CT molecular complexity index is 295. The van der Waals surface area contributed by atoms with Gasteiger partial charge in [0.05, 0.1) is 18.6 Å². The average molecular weight is 223 g/mol. The molecule has 3 nitrogen and oxygen atoms in total. The predicted molar refractivity (Wildman–Crippen MR) is 63.1 cm³/mol. The molecule has 2 rings (SSSR count). The summed E-state index contributed by atoms with van der Waals surface area (Å²) >= 11 is 0. The topological polar surface area (TPSA) is 34.4 Å². The lowest BCUT2D eigenvalue weighted by molar-refractivity contribution is 0.0539. The zero-order valence-corrected chi connectivity index (χ0v) is 10.1. The Morgan fingerprint density at radius 3 is 3.06 bits per heavy atom. The van der Waals surface area contributed by atoms with E-state index in [1.807, 2.05) is 6.07 Å². The van der Waals surface area contributed by atoms with E-state index in [4.69, 9.17) is 9.15 Å². The molecule has 1 saturated heterocycles. The first-order valence-electron chi connectivity index (χ1n) is 6.10. The van der Waals surface area contributed by atoms with Gasteiger partial charge in [-0.2, -0.15) is 0 Å². The number of hydrogen-bond acceptors (Lipinski definition) is 3. The van der Waals surface area contributed by atoms with Crippen LogP contribution in [0, 0.1) is 11.8 Å². The highest BCUT2D eigenvalue weighted by molar-refractivity contribution is 5.04. The fourth-order valence-electron chi connectivity index (χ4n) is 2.41. The van der Waals surface area contributed by atoms with Crippen LogP contribution >= 0.6 is 0 Å². The van der Waals surface area contributed by atoms with Gasteiger partial charge in [-0.3, -0.25) is 0 Å². The Morgan fingerprint density at radius 1 is 1.50 bits per heavy atom. The quantitative estimate of drug-likeness (QED) is 0.832. The van der Waals surface area contributed by atoms with Gasteiger partial charge in [-0.1, -0.05) is 13.8 Å². The summed E-state index contributed by atoms with van der Waals surface area (Å²) in [4.78, 5) is 0. The number of rotatable bonds is 5. The lowest BCUT2D eigenvalue weighted by Gasteiger charge is -2.22. The zero-order valence-electron chi connectivity index (χ0n) is 10.1. The summed E-state index contributed by atoms with van der Waals surface area (Å²) in [6, 6.07) is 2.00. The molecule has 90 valence electrons. The van der Waals surface area contributed by atoms with Crippen molar-refractivity contribution < 1.29 is 9.15 Å². The summed E-state index contributed by atoms with van der Waals surface area (Å²) in [6.07, 6.45) is 5.11. The van der Waals surface area contributed by atoms with Crippen LogP contribution in [0.4, 0.5) is 0 Å². The molecule has 1 N–H and O–H groups in total. The number of nitrogens with one attached hydrogen (secondary N) is 1. The lowest BCUT2D eigenvalue weighted by atomic mass is 9.93. The molecule has 0 amide bonds. The number of furan rings is 1. The van der Waals surface area contributed by atoms with E-state index in [1.54, 1.807) is 12.5 Å². The van der Waals surface area contributed by atoms with E-state index in [0.29, 0.717) is 17.9 Å². The fraction of sp³-hybridized carbons (Fsp3) is 0.692. The van der Waals surface area contributed by atoms with Crippen molar-refractivity contribution in [2.45, 2.75) is 32.9 Å². The van der Waals surface area contributed by atoms with Gasteiger partial charge in [0, 0.05) is 25.3 Å². The second kappa shape index (κ2) is 5.51. The summed E-state index contributed by atoms with van der Waals surface area (Å²) in [6.45, 7) is 7.31. The zero-order chi connectivity index (χ0) is 11.4. The highest BCUT2D eigenvalue weighted by Gasteiger charge is 2.29. The highest BCUT2D eigenvalue weighted by atomic mass is 16.5. The smallest absolute Gasteiger partial charge is 0.0947 e.